The molecule has 1 amide bonds. The summed E-state index contributed by atoms with van der Waals surface area (Å²) < 4.78 is 0. The Bertz CT molecular complexity index is 107. The topological polar surface area (TPSA) is 29.1 Å². The van der Waals surface area contributed by atoms with Crippen molar-refractivity contribution < 1.29 is 4.79 Å². The van der Waals surface area contributed by atoms with Crippen LogP contribution in [0, 0.1) is 0 Å². The Morgan fingerprint density at radius 3 is 2.25 bits per heavy atom. The van der Waals surface area contributed by atoms with Gasteiger partial charge < -0.3 is 5.32 Å². The molecular formula is C9H21NOS. The molecule has 0 aliphatic heterocycles. The summed E-state index contributed by atoms with van der Waals surface area (Å²) in [5.41, 5.74) is 0. The summed E-state index contributed by atoms with van der Waals surface area (Å²) in [5, 5.41) is 2.87. The van der Waals surface area contributed by atoms with Crippen LogP contribution in [0.15, 0.2) is 0 Å². The lowest BCUT2D eigenvalue weighted by Gasteiger charge is -2.08. The van der Waals surface area contributed by atoms with Crippen LogP contribution < -0.4 is 5.32 Å². The summed E-state index contributed by atoms with van der Waals surface area (Å²) >= 11 is 1.67. The van der Waals surface area contributed by atoms with E-state index in [4.69, 9.17) is 0 Å². The summed E-state index contributed by atoms with van der Waals surface area (Å²) in [6, 6.07) is 0. The smallest absolute Gasteiger partial charge is 0.232 e. The lowest BCUT2D eigenvalue weighted by molar-refractivity contribution is -0.120. The van der Waals surface area contributed by atoms with E-state index in [0.717, 1.165) is 12.3 Å². The van der Waals surface area contributed by atoms with E-state index < -0.39 is 0 Å². The van der Waals surface area contributed by atoms with Crippen LogP contribution in [0.4, 0.5) is 0 Å². The van der Waals surface area contributed by atoms with Crippen LogP contribution in [0.25, 0.3) is 0 Å². The van der Waals surface area contributed by atoms with Gasteiger partial charge in [-0.05, 0) is 19.6 Å². The van der Waals surface area contributed by atoms with E-state index in [1.807, 2.05) is 27.7 Å². The molecule has 0 rings (SSSR count). The van der Waals surface area contributed by atoms with Crippen LogP contribution in [-0.4, -0.2) is 23.5 Å². The molecule has 0 saturated carbocycles. The number of hydrogen-bond acceptors (Lipinski definition) is 2. The Morgan fingerprint density at radius 1 is 1.42 bits per heavy atom. The first-order valence-electron chi connectivity index (χ1n) is 4.61. The molecule has 0 fully saturated rings. The first-order valence-corrected chi connectivity index (χ1v) is 5.66. The lowest BCUT2D eigenvalue weighted by atomic mass is 10.4. The fourth-order valence-electron chi connectivity index (χ4n) is 0.644. The molecule has 3 heteroatoms. The lowest BCUT2D eigenvalue weighted by Crippen LogP contribution is -2.30. The Labute approximate surface area is 80.5 Å². The molecule has 1 atom stereocenters. The molecule has 2 nitrogen and oxygen atoms in total. The van der Waals surface area contributed by atoms with Gasteiger partial charge in [0.25, 0.3) is 0 Å². The maximum atomic E-state index is 11.0. The Balaban J connectivity index is 0. The van der Waals surface area contributed by atoms with Gasteiger partial charge in [0, 0.05) is 6.54 Å². The van der Waals surface area contributed by atoms with Gasteiger partial charge in [-0.1, -0.05) is 20.8 Å². The quantitative estimate of drug-likeness (QED) is 0.738. The normalized spacial score (nSPS) is 11.1. The maximum absolute atomic E-state index is 11.0. The fourth-order valence-corrected chi connectivity index (χ4v) is 1.38. The number of amides is 1. The Kier molecular flexibility index (Phi) is 12.9. The third kappa shape index (κ3) is 7.92. The number of nitrogens with one attached hydrogen (secondary N) is 1. The maximum Gasteiger partial charge on any atom is 0.232 e. The van der Waals surface area contributed by atoms with Crippen LogP contribution in [0.1, 0.15) is 34.6 Å². The molecule has 1 N–H and O–H groups in total. The molecule has 0 aromatic carbocycles. The van der Waals surface area contributed by atoms with Crippen LogP contribution in [0.5, 0.6) is 0 Å². The molecule has 74 valence electrons. The zero-order valence-corrected chi connectivity index (χ0v) is 9.62. The second kappa shape index (κ2) is 10.8. The summed E-state index contributed by atoms with van der Waals surface area (Å²) in [5.74, 6) is 1.15. The van der Waals surface area contributed by atoms with E-state index in [-0.39, 0.29) is 11.2 Å². The van der Waals surface area contributed by atoms with Gasteiger partial charge in [-0.2, -0.15) is 0 Å². The summed E-state index contributed by atoms with van der Waals surface area (Å²) in [4.78, 5) is 11.0. The van der Waals surface area contributed by atoms with Gasteiger partial charge in [-0.15, -0.1) is 11.8 Å². The third-order valence-corrected chi connectivity index (χ3v) is 2.18. The van der Waals surface area contributed by atoms with Crippen LogP contribution >= 0.6 is 11.8 Å². The summed E-state index contributed by atoms with van der Waals surface area (Å²) in [6.45, 7) is 10.6. The van der Waals surface area contributed by atoms with Crippen LogP contribution in [0.2, 0.25) is 0 Å². The highest BCUT2D eigenvalue weighted by molar-refractivity contribution is 8.00. The van der Waals surface area contributed by atoms with Crippen molar-refractivity contribution in [2.75, 3.05) is 12.3 Å². The first-order chi connectivity index (χ1) is 5.72. The zero-order valence-electron chi connectivity index (χ0n) is 8.81. The van der Waals surface area contributed by atoms with E-state index in [2.05, 4.69) is 12.2 Å². The van der Waals surface area contributed by atoms with E-state index in [1.54, 1.807) is 11.8 Å². The van der Waals surface area contributed by atoms with Crippen LogP contribution in [0.3, 0.4) is 0 Å². The number of carbonyl (C=O) groups excluding carboxylic acids is 1. The molecule has 0 saturated heterocycles. The highest BCUT2D eigenvalue weighted by Gasteiger charge is 2.09. The standard InChI is InChI=1S/C7H15NOS.C2H6/c1-4-8-7(9)6(3)10-5-2;1-2/h6H,4-5H2,1-3H3,(H,8,9);1-2H3. The highest BCUT2D eigenvalue weighted by Crippen LogP contribution is 2.08. The van der Waals surface area contributed by atoms with Crippen molar-refractivity contribution in [3.05, 3.63) is 0 Å². The molecule has 0 spiro atoms. The van der Waals surface area contributed by atoms with Crippen molar-refractivity contribution in [3.8, 4) is 0 Å². The monoisotopic (exact) mass is 191 g/mol. The molecule has 0 aliphatic rings. The minimum Gasteiger partial charge on any atom is -0.355 e. The van der Waals surface area contributed by atoms with Gasteiger partial charge in [-0.25, -0.2) is 0 Å². The highest BCUT2D eigenvalue weighted by atomic mass is 32.2. The molecule has 0 bridgehead atoms. The fraction of sp³-hybridized carbons (Fsp3) is 0.889. The van der Waals surface area contributed by atoms with Crippen molar-refractivity contribution in [2.45, 2.75) is 39.9 Å². The molecule has 0 radical (unpaired) electrons. The molecule has 12 heavy (non-hydrogen) atoms. The predicted octanol–water partition coefficient (Wildman–Crippen LogP) is 2.29. The third-order valence-electron chi connectivity index (χ3n) is 1.14. The average molecular weight is 191 g/mol. The molecule has 1 unspecified atom stereocenters. The summed E-state index contributed by atoms with van der Waals surface area (Å²) in [7, 11) is 0. The van der Waals surface area contributed by atoms with Crippen LogP contribution in [-0.2, 0) is 4.79 Å². The SMILES string of the molecule is CC.CCNC(=O)C(C)SCC. The first kappa shape index (κ1) is 14.3. The molecule has 0 aromatic heterocycles. The number of hydrogen-bond donors (Lipinski definition) is 1. The van der Waals surface area contributed by atoms with Crippen molar-refractivity contribution >= 4 is 17.7 Å². The second-order valence-corrected chi connectivity index (χ2v) is 3.61. The van der Waals surface area contributed by atoms with E-state index in [0.29, 0.717) is 0 Å². The molecule has 0 aliphatic carbocycles. The van der Waals surface area contributed by atoms with Crippen molar-refractivity contribution in [1.29, 1.82) is 0 Å². The molecule has 0 aromatic rings. The minimum atomic E-state index is 0.102. The summed E-state index contributed by atoms with van der Waals surface area (Å²) in [6.07, 6.45) is 0. The second-order valence-electron chi connectivity index (χ2n) is 1.99. The van der Waals surface area contributed by atoms with Crippen molar-refractivity contribution in [3.63, 3.8) is 0 Å². The number of thioether (sulfide) groups is 1. The van der Waals surface area contributed by atoms with Gasteiger partial charge in [0.15, 0.2) is 0 Å². The number of carbonyl (C=O) groups is 1. The number of rotatable bonds is 4. The van der Waals surface area contributed by atoms with Gasteiger partial charge in [-0.3, -0.25) is 4.79 Å². The Morgan fingerprint density at radius 2 is 1.92 bits per heavy atom. The molecule has 0 heterocycles. The average Bonchev–Trinajstić information content (AvgIpc) is 2.09. The van der Waals surface area contributed by atoms with Crippen molar-refractivity contribution in [1.82, 2.24) is 5.32 Å². The van der Waals surface area contributed by atoms with Gasteiger partial charge in [0.05, 0.1) is 5.25 Å². The zero-order chi connectivity index (χ0) is 9.98. The van der Waals surface area contributed by atoms with Crippen molar-refractivity contribution in [2.24, 2.45) is 0 Å². The Hall–Kier alpha value is -0.180. The largest absolute Gasteiger partial charge is 0.355 e. The van der Waals surface area contributed by atoms with E-state index in [9.17, 15) is 4.79 Å². The van der Waals surface area contributed by atoms with E-state index in [1.165, 1.54) is 0 Å². The van der Waals surface area contributed by atoms with Gasteiger partial charge in [0.2, 0.25) is 5.91 Å². The minimum absolute atomic E-state index is 0.102. The molecular weight excluding hydrogens is 170 g/mol. The van der Waals surface area contributed by atoms with Gasteiger partial charge >= 0.3 is 0 Å². The van der Waals surface area contributed by atoms with E-state index >= 15 is 0 Å². The van der Waals surface area contributed by atoms with Gasteiger partial charge in [0.1, 0.15) is 0 Å². The predicted molar refractivity (Wildman–Crippen MR) is 57.6 cm³/mol.